The molecule has 30 heavy (non-hydrogen) atoms. The summed E-state index contributed by atoms with van der Waals surface area (Å²) in [5, 5.41) is 6.83. The number of para-hydroxylation sites is 2. The minimum atomic E-state index is 0.0122. The zero-order valence-electron chi connectivity index (χ0n) is 17.3. The summed E-state index contributed by atoms with van der Waals surface area (Å²) in [5.74, 6) is 0.0244. The lowest BCUT2D eigenvalue weighted by molar-refractivity contribution is -0.117. The molecule has 2 aromatic rings. The summed E-state index contributed by atoms with van der Waals surface area (Å²) in [7, 11) is 0. The van der Waals surface area contributed by atoms with Gasteiger partial charge in [0.1, 0.15) is 0 Å². The maximum atomic E-state index is 12.0. The second-order valence-electron chi connectivity index (χ2n) is 7.38. The van der Waals surface area contributed by atoms with Gasteiger partial charge in [-0.15, -0.1) is 0 Å². The molecule has 0 aliphatic carbocycles. The van der Waals surface area contributed by atoms with Crippen molar-refractivity contribution in [3.8, 4) is 0 Å². The molecule has 0 spiro atoms. The first kappa shape index (κ1) is 24.2. The highest BCUT2D eigenvalue weighted by Crippen LogP contribution is 2.22. The van der Waals surface area contributed by atoms with Gasteiger partial charge >= 0.3 is 0 Å². The summed E-state index contributed by atoms with van der Waals surface area (Å²) in [6, 6.07) is 14.5. The molecule has 2 rings (SSSR count). The van der Waals surface area contributed by atoms with E-state index in [1.54, 1.807) is 24.3 Å². The van der Waals surface area contributed by atoms with Crippen LogP contribution in [0.25, 0.3) is 0 Å². The Morgan fingerprint density at radius 3 is 1.27 bits per heavy atom. The predicted octanol–water partition coefficient (Wildman–Crippen LogP) is 7.47. The van der Waals surface area contributed by atoms with Crippen molar-refractivity contribution in [1.29, 1.82) is 0 Å². The minimum Gasteiger partial charge on any atom is -0.325 e. The van der Waals surface area contributed by atoms with Crippen molar-refractivity contribution >= 4 is 46.4 Å². The zero-order chi connectivity index (χ0) is 21.6. The van der Waals surface area contributed by atoms with Crippen molar-refractivity contribution in [1.82, 2.24) is 0 Å². The van der Waals surface area contributed by atoms with Gasteiger partial charge in [0.15, 0.2) is 0 Å². The topological polar surface area (TPSA) is 58.2 Å². The molecular formula is C24H30Cl2N2O2. The van der Waals surface area contributed by atoms with Gasteiger partial charge in [-0.25, -0.2) is 0 Å². The van der Waals surface area contributed by atoms with Crippen LogP contribution in [0.4, 0.5) is 11.4 Å². The van der Waals surface area contributed by atoms with Gasteiger partial charge < -0.3 is 10.6 Å². The molecule has 0 atom stereocenters. The van der Waals surface area contributed by atoms with E-state index in [1.165, 1.54) is 0 Å². The quantitative estimate of drug-likeness (QED) is 0.312. The molecule has 6 heteroatoms. The van der Waals surface area contributed by atoms with Gasteiger partial charge in [0.25, 0.3) is 0 Å². The van der Waals surface area contributed by atoms with Gasteiger partial charge in [-0.1, -0.05) is 86.0 Å². The number of halogens is 2. The van der Waals surface area contributed by atoms with Crippen molar-refractivity contribution in [2.24, 2.45) is 0 Å². The van der Waals surface area contributed by atoms with Crippen LogP contribution in [0.5, 0.6) is 0 Å². The number of anilines is 2. The van der Waals surface area contributed by atoms with Crippen LogP contribution in [-0.4, -0.2) is 11.8 Å². The molecular weight excluding hydrogens is 419 g/mol. The number of unbranched alkanes of at least 4 members (excludes halogenated alkanes) is 7. The van der Waals surface area contributed by atoms with Gasteiger partial charge in [-0.2, -0.15) is 0 Å². The number of rotatable bonds is 13. The van der Waals surface area contributed by atoms with Crippen LogP contribution in [0.2, 0.25) is 10.0 Å². The van der Waals surface area contributed by atoms with E-state index < -0.39 is 0 Å². The third-order valence-electron chi connectivity index (χ3n) is 4.85. The van der Waals surface area contributed by atoms with Crippen LogP contribution in [0.15, 0.2) is 48.5 Å². The van der Waals surface area contributed by atoms with Crippen LogP contribution < -0.4 is 10.6 Å². The van der Waals surface area contributed by atoms with Gasteiger partial charge in [-0.3, -0.25) is 9.59 Å². The van der Waals surface area contributed by atoms with Crippen LogP contribution in [-0.2, 0) is 9.59 Å². The average molecular weight is 449 g/mol. The molecule has 0 saturated carbocycles. The van der Waals surface area contributed by atoms with Crippen molar-refractivity contribution in [3.63, 3.8) is 0 Å². The molecule has 2 N–H and O–H groups in total. The monoisotopic (exact) mass is 448 g/mol. The number of amides is 2. The Morgan fingerprint density at radius 2 is 0.900 bits per heavy atom. The summed E-state index contributed by atoms with van der Waals surface area (Å²) in [5.41, 5.74) is 1.34. The van der Waals surface area contributed by atoms with E-state index >= 15 is 0 Å². The fourth-order valence-corrected chi connectivity index (χ4v) is 3.55. The molecule has 162 valence electrons. The van der Waals surface area contributed by atoms with Gasteiger partial charge in [-0.05, 0) is 37.1 Å². The van der Waals surface area contributed by atoms with E-state index in [9.17, 15) is 9.59 Å². The van der Waals surface area contributed by atoms with Crippen molar-refractivity contribution in [2.45, 2.75) is 64.2 Å². The first-order valence-electron chi connectivity index (χ1n) is 10.6. The Morgan fingerprint density at radius 1 is 0.567 bits per heavy atom. The SMILES string of the molecule is O=C(CCCCCCCCCCC(=O)Nc1ccccc1Cl)Nc1ccccc1Cl. The Hall–Kier alpha value is -2.04. The summed E-state index contributed by atoms with van der Waals surface area (Å²) in [6.07, 6.45) is 9.51. The number of benzene rings is 2. The second-order valence-corrected chi connectivity index (χ2v) is 8.20. The number of hydrogen-bond acceptors (Lipinski definition) is 2. The van der Waals surface area contributed by atoms with Gasteiger partial charge in [0.2, 0.25) is 11.8 Å². The van der Waals surface area contributed by atoms with Crippen molar-refractivity contribution < 1.29 is 9.59 Å². The fourth-order valence-electron chi connectivity index (χ4n) is 3.18. The third-order valence-corrected chi connectivity index (χ3v) is 5.51. The Bertz CT molecular complexity index is 744. The molecule has 0 unspecified atom stereocenters. The van der Waals surface area contributed by atoms with Gasteiger partial charge in [0.05, 0.1) is 21.4 Å². The van der Waals surface area contributed by atoms with E-state index in [0.29, 0.717) is 34.3 Å². The van der Waals surface area contributed by atoms with Crippen LogP contribution in [0.3, 0.4) is 0 Å². The molecule has 0 heterocycles. The molecule has 4 nitrogen and oxygen atoms in total. The highest BCUT2D eigenvalue weighted by Gasteiger charge is 2.06. The summed E-state index contributed by atoms with van der Waals surface area (Å²) in [4.78, 5) is 23.9. The molecule has 0 bridgehead atoms. The van der Waals surface area contributed by atoms with E-state index in [4.69, 9.17) is 23.2 Å². The van der Waals surface area contributed by atoms with E-state index in [2.05, 4.69) is 10.6 Å². The molecule has 0 fully saturated rings. The minimum absolute atomic E-state index is 0.0122. The van der Waals surface area contributed by atoms with Crippen molar-refractivity contribution in [3.05, 3.63) is 58.6 Å². The van der Waals surface area contributed by atoms with Crippen LogP contribution >= 0.6 is 23.2 Å². The first-order chi connectivity index (χ1) is 14.6. The number of carbonyl (C=O) groups excluding carboxylic acids is 2. The number of nitrogens with one attached hydrogen (secondary N) is 2. The van der Waals surface area contributed by atoms with Crippen LogP contribution in [0, 0.1) is 0 Å². The standard InChI is InChI=1S/C24H30Cl2N2O2/c25-19-13-9-11-15-21(19)27-23(29)17-7-5-3-1-2-4-6-8-18-24(30)28-22-16-12-10-14-20(22)26/h9-16H,1-8,17-18H2,(H,27,29)(H,28,30). The molecule has 2 amide bonds. The third kappa shape index (κ3) is 9.64. The number of carbonyl (C=O) groups is 2. The largest absolute Gasteiger partial charge is 0.325 e. The molecule has 0 aromatic heterocycles. The Labute approximate surface area is 189 Å². The molecule has 0 saturated heterocycles. The summed E-state index contributed by atoms with van der Waals surface area (Å²) < 4.78 is 0. The summed E-state index contributed by atoms with van der Waals surface area (Å²) in [6.45, 7) is 0. The highest BCUT2D eigenvalue weighted by atomic mass is 35.5. The molecule has 0 aliphatic rings. The average Bonchev–Trinajstić information content (AvgIpc) is 2.73. The predicted molar refractivity (Wildman–Crippen MR) is 126 cm³/mol. The maximum absolute atomic E-state index is 12.0. The van der Waals surface area contributed by atoms with E-state index in [0.717, 1.165) is 51.4 Å². The lowest BCUT2D eigenvalue weighted by Crippen LogP contribution is -2.11. The van der Waals surface area contributed by atoms with Gasteiger partial charge in [0, 0.05) is 12.8 Å². The van der Waals surface area contributed by atoms with Crippen molar-refractivity contribution in [2.75, 3.05) is 10.6 Å². The lowest BCUT2D eigenvalue weighted by atomic mass is 10.1. The van der Waals surface area contributed by atoms with Crippen LogP contribution in [0.1, 0.15) is 64.2 Å². The van der Waals surface area contributed by atoms with E-state index in [-0.39, 0.29) is 11.8 Å². The Kier molecular flexibility index (Phi) is 11.3. The Balaban J connectivity index is 1.42. The maximum Gasteiger partial charge on any atom is 0.224 e. The zero-order valence-corrected chi connectivity index (χ0v) is 18.8. The second kappa shape index (κ2) is 14.1. The molecule has 2 aromatic carbocycles. The molecule has 0 radical (unpaired) electrons. The first-order valence-corrected chi connectivity index (χ1v) is 11.4. The molecule has 0 aliphatic heterocycles. The van der Waals surface area contributed by atoms with E-state index in [1.807, 2.05) is 24.3 Å². The highest BCUT2D eigenvalue weighted by molar-refractivity contribution is 6.34. The smallest absolute Gasteiger partial charge is 0.224 e. The summed E-state index contributed by atoms with van der Waals surface area (Å²) >= 11 is 12.1. The number of hydrogen-bond donors (Lipinski definition) is 2. The fraction of sp³-hybridized carbons (Fsp3) is 0.417. The normalized spacial score (nSPS) is 10.6. The lowest BCUT2D eigenvalue weighted by Gasteiger charge is -2.07.